The van der Waals surface area contributed by atoms with E-state index in [1.807, 2.05) is 12.1 Å². The maximum absolute atomic E-state index is 5.91. The molecule has 0 radical (unpaired) electrons. The Balaban J connectivity index is 2.45. The van der Waals surface area contributed by atoms with Crippen molar-refractivity contribution in [3.8, 4) is 5.75 Å². The van der Waals surface area contributed by atoms with E-state index >= 15 is 0 Å². The second-order valence-corrected chi connectivity index (χ2v) is 4.74. The SMILES string of the molecule is CCCC(N)COc1ccc(C(C)CC)cc1. The van der Waals surface area contributed by atoms with E-state index < -0.39 is 0 Å². The van der Waals surface area contributed by atoms with Crippen LogP contribution in [0, 0.1) is 0 Å². The van der Waals surface area contributed by atoms with Crippen molar-refractivity contribution >= 4 is 0 Å². The Morgan fingerprint density at radius 1 is 1.18 bits per heavy atom. The number of benzene rings is 1. The highest BCUT2D eigenvalue weighted by Crippen LogP contribution is 2.21. The molecule has 2 atom stereocenters. The molecular formula is C15H25NO. The summed E-state index contributed by atoms with van der Waals surface area (Å²) in [5.41, 5.74) is 7.28. The lowest BCUT2D eigenvalue weighted by atomic mass is 9.99. The zero-order chi connectivity index (χ0) is 12.7. The molecule has 2 nitrogen and oxygen atoms in total. The van der Waals surface area contributed by atoms with E-state index in [2.05, 4.69) is 32.9 Å². The molecular weight excluding hydrogens is 210 g/mol. The fourth-order valence-corrected chi connectivity index (χ4v) is 1.79. The summed E-state index contributed by atoms with van der Waals surface area (Å²) in [7, 11) is 0. The van der Waals surface area contributed by atoms with Gasteiger partial charge in [-0.25, -0.2) is 0 Å². The summed E-state index contributed by atoms with van der Waals surface area (Å²) < 4.78 is 5.66. The molecule has 0 aliphatic carbocycles. The molecule has 2 N–H and O–H groups in total. The van der Waals surface area contributed by atoms with E-state index in [9.17, 15) is 0 Å². The van der Waals surface area contributed by atoms with Crippen LogP contribution >= 0.6 is 0 Å². The number of rotatable bonds is 7. The Kier molecular flexibility index (Phi) is 6.06. The minimum Gasteiger partial charge on any atom is -0.492 e. The molecule has 0 aliphatic rings. The fraction of sp³-hybridized carbons (Fsp3) is 0.600. The highest BCUT2D eigenvalue weighted by atomic mass is 16.5. The molecule has 1 aromatic rings. The van der Waals surface area contributed by atoms with Crippen LogP contribution < -0.4 is 10.5 Å². The molecule has 1 rings (SSSR count). The van der Waals surface area contributed by atoms with Crippen molar-refractivity contribution in [2.24, 2.45) is 5.73 Å². The third kappa shape index (κ3) is 4.78. The maximum Gasteiger partial charge on any atom is 0.119 e. The molecule has 2 heteroatoms. The molecule has 0 aromatic heterocycles. The van der Waals surface area contributed by atoms with Crippen molar-refractivity contribution < 1.29 is 4.74 Å². The van der Waals surface area contributed by atoms with Crippen LogP contribution in [0.2, 0.25) is 0 Å². The van der Waals surface area contributed by atoms with Gasteiger partial charge < -0.3 is 10.5 Å². The van der Waals surface area contributed by atoms with Crippen molar-refractivity contribution in [3.05, 3.63) is 29.8 Å². The molecule has 0 bridgehead atoms. The van der Waals surface area contributed by atoms with Crippen molar-refractivity contribution in [2.45, 2.75) is 52.0 Å². The Morgan fingerprint density at radius 3 is 2.35 bits per heavy atom. The summed E-state index contributed by atoms with van der Waals surface area (Å²) in [5.74, 6) is 1.54. The Morgan fingerprint density at radius 2 is 1.82 bits per heavy atom. The van der Waals surface area contributed by atoms with Crippen molar-refractivity contribution in [2.75, 3.05) is 6.61 Å². The van der Waals surface area contributed by atoms with Crippen LogP contribution in [0.1, 0.15) is 51.5 Å². The van der Waals surface area contributed by atoms with Gasteiger partial charge in [-0.2, -0.15) is 0 Å². The molecule has 0 fully saturated rings. The lowest BCUT2D eigenvalue weighted by Crippen LogP contribution is -2.27. The van der Waals surface area contributed by atoms with Gasteiger partial charge in [0.15, 0.2) is 0 Å². The zero-order valence-corrected chi connectivity index (χ0v) is 11.3. The van der Waals surface area contributed by atoms with E-state index in [4.69, 9.17) is 10.5 Å². The van der Waals surface area contributed by atoms with E-state index in [0.717, 1.165) is 18.6 Å². The molecule has 1 aromatic carbocycles. The van der Waals surface area contributed by atoms with Gasteiger partial charge in [0.25, 0.3) is 0 Å². The normalized spacial score (nSPS) is 14.4. The predicted octanol–water partition coefficient (Wildman–Crippen LogP) is 3.71. The van der Waals surface area contributed by atoms with Gasteiger partial charge in [0, 0.05) is 6.04 Å². The van der Waals surface area contributed by atoms with Gasteiger partial charge in [0.1, 0.15) is 12.4 Å². The largest absolute Gasteiger partial charge is 0.492 e. The number of nitrogens with two attached hydrogens (primary N) is 1. The van der Waals surface area contributed by atoms with E-state index in [-0.39, 0.29) is 6.04 Å². The van der Waals surface area contributed by atoms with Gasteiger partial charge >= 0.3 is 0 Å². The minimum atomic E-state index is 0.147. The van der Waals surface area contributed by atoms with Crippen LogP contribution in [-0.2, 0) is 0 Å². The van der Waals surface area contributed by atoms with Gasteiger partial charge in [0.05, 0.1) is 0 Å². The molecule has 2 unspecified atom stereocenters. The highest BCUT2D eigenvalue weighted by molar-refractivity contribution is 5.29. The lowest BCUT2D eigenvalue weighted by Gasteiger charge is -2.13. The van der Waals surface area contributed by atoms with Crippen LogP contribution in [0.15, 0.2) is 24.3 Å². The monoisotopic (exact) mass is 235 g/mol. The standard InChI is InChI=1S/C15H25NO/c1-4-6-14(16)11-17-15-9-7-13(8-10-15)12(3)5-2/h7-10,12,14H,4-6,11,16H2,1-3H3. The van der Waals surface area contributed by atoms with Gasteiger partial charge in [-0.05, 0) is 36.5 Å². The summed E-state index contributed by atoms with van der Waals surface area (Å²) in [6.07, 6.45) is 3.30. The third-order valence-corrected chi connectivity index (χ3v) is 3.19. The minimum absolute atomic E-state index is 0.147. The summed E-state index contributed by atoms with van der Waals surface area (Å²) in [5, 5.41) is 0. The molecule has 0 saturated heterocycles. The first-order valence-corrected chi connectivity index (χ1v) is 6.65. The van der Waals surface area contributed by atoms with E-state index in [1.165, 1.54) is 12.0 Å². The fourth-order valence-electron chi connectivity index (χ4n) is 1.79. The van der Waals surface area contributed by atoms with Crippen LogP contribution in [-0.4, -0.2) is 12.6 Å². The molecule has 96 valence electrons. The van der Waals surface area contributed by atoms with Crippen molar-refractivity contribution in [3.63, 3.8) is 0 Å². The second-order valence-electron chi connectivity index (χ2n) is 4.74. The van der Waals surface area contributed by atoms with Gasteiger partial charge in [-0.3, -0.25) is 0 Å². The Bertz CT molecular complexity index is 307. The zero-order valence-electron chi connectivity index (χ0n) is 11.3. The van der Waals surface area contributed by atoms with E-state index in [1.54, 1.807) is 0 Å². The second kappa shape index (κ2) is 7.33. The first-order valence-electron chi connectivity index (χ1n) is 6.65. The molecule has 0 spiro atoms. The van der Waals surface area contributed by atoms with Crippen LogP contribution in [0.5, 0.6) is 5.75 Å². The summed E-state index contributed by atoms with van der Waals surface area (Å²) in [6.45, 7) is 7.20. The number of hydrogen-bond donors (Lipinski definition) is 1. The topological polar surface area (TPSA) is 35.2 Å². The van der Waals surface area contributed by atoms with Crippen LogP contribution in [0.4, 0.5) is 0 Å². The predicted molar refractivity (Wildman–Crippen MR) is 73.5 cm³/mol. The first-order chi connectivity index (χ1) is 8.17. The quantitative estimate of drug-likeness (QED) is 0.782. The van der Waals surface area contributed by atoms with Gasteiger partial charge in [-0.1, -0.05) is 39.3 Å². The number of hydrogen-bond acceptors (Lipinski definition) is 2. The smallest absolute Gasteiger partial charge is 0.119 e. The maximum atomic E-state index is 5.91. The summed E-state index contributed by atoms with van der Waals surface area (Å²) in [6, 6.07) is 8.53. The van der Waals surface area contributed by atoms with Crippen LogP contribution in [0.3, 0.4) is 0 Å². The molecule has 0 saturated carbocycles. The lowest BCUT2D eigenvalue weighted by molar-refractivity contribution is 0.281. The molecule has 0 amide bonds. The third-order valence-electron chi connectivity index (χ3n) is 3.19. The summed E-state index contributed by atoms with van der Waals surface area (Å²) in [4.78, 5) is 0. The van der Waals surface area contributed by atoms with Gasteiger partial charge in [-0.15, -0.1) is 0 Å². The molecule has 0 heterocycles. The first kappa shape index (κ1) is 14.0. The summed E-state index contributed by atoms with van der Waals surface area (Å²) >= 11 is 0. The Hall–Kier alpha value is -1.02. The van der Waals surface area contributed by atoms with Gasteiger partial charge in [0.2, 0.25) is 0 Å². The van der Waals surface area contributed by atoms with Crippen molar-refractivity contribution in [1.29, 1.82) is 0 Å². The van der Waals surface area contributed by atoms with Crippen LogP contribution in [0.25, 0.3) is 0 Å². The Labute approximate surface area is 105 Å². The van der Waals surface area contributed by atoms with E-state index in [0.29, 0.717) is 12.5 Å². The number of ether oxygens (including phenoxy) is 1. The molecule has 0 aliphatic heterocycles. The average Bonchev–Trinajstić information content (AvgIpc) is 2.36. The highest BCUT2D eigenvalue weighted by Gasteiger charge is 2.04. The van der Waals surface area contributed by atoms with Crippen molar-refractivity contribution in [1.82, 2.24) is 0 Å². The average molecular weight is 235 g/mol. The molecule has 17 heavy (non-hydrogen) atoms.